The van der Waals surface area contributed by atoms with Gasteiger partial charge in [-0.3, -0.25) is 4.40 Å². The first kappa shape index (κ1) is 9.90. The molecule has 0 atom stereocenters. The minimum atomic E-state index is 0.134. The van der Waals surface area contributed by atoms with Crippen molar-refractivity contribution in [3.8, 4) is 0 Å². The van der Waals surface area contributed by atoms with Crippen LogP contribution in [0.4, 0.5) is 0 Å². The van der Waals surface area contributed by atoms with Crippen molar-refractivity contribution in [1.29, 1.82) is 0 Å². The average molecular weight is 218 g/mol. The zero-order chi connectivity index (χ0) is 11.3. The van der Waals surface area contributed by atoms with E-state index < -0.39 is 0 Å². The van der Waals surface area contributed by atoms with Gasteiger partial charge in [0.15, 0.2) is 0 Å². The number of fused-ring (bicyclic) bond motifs is 1. The fourth-order valence-electron chi connectivity index (χ4n) is 2.34. The van der Waals surface area contributed by atoms with E-state index in [9.17, 15) is 0 Å². The molecule has 0 aliphatic heterocycles. The molecule has 2 heterocycles. The highest BCUT2D eigenvalue weighted by Gasteiger charge is 2.37. The van der Waals surface area contributed by atoms with Gasteiger partial charge >= 0.3 is 0 Å². The van der Waals surface area contributed by atoms with Gasteiger partial charge in [-0.25, -0.2) is 4.98 Å². The normalized spacial score (nSPS) is 18.2. The Bertz CT molecular complexity index is 530. The van der Waals surface area contributed by atoms with Gasteiger partial charge < -0.3 is 10.7 Å². The summed E-state index contributed by atoms with van der Waals surface area (Å²) in [6.45, 7) is 4.22. The number of aromatic amines is 1. The summed E-state index contributed by atoms with van der Waals surface area (Å²) in [5, 5.41) is 0. The number of nitrogens with two attached hydrogens (primary N) is 1. The summed E-state index contributed by atoms with van der Waals surface area (Å²) in [5.41, 5.74) is 9.98. The molecule has 4 heteroatoms. The molecule has 0 spiro atoms. The van der Waals surface area contributed by atoms with Crippen molar-refractivity contribution in [2.24, 2.45) is 5.73 Å². The topological polar surface area (TPSA) is 59.1 Å². The molecule has 2 aromatic rings. The highest BCUT2D eigenvalue weighted by atomic mass is 15.1. The van der Waals surface area contributed by atoms with Gasteiger partial charge in [0.2, 0.25) is 5.78 Å². The quantitative estimate of drug-likeness (QED) is 0.823. The van der Waals surface area contributed by atoms with Crippen LogP contribution in [0.1, 0.15) is 36.3 Å². The van der Waals surface area contributed by atoms with Crippen LogP contribution in [-0.2, 0) is 6.42 Å². The molecule has 4 nitrogen and oxygen atoms in total. The fraction of sp³-hybridized carbons (Fsp3) is 0.583. The lowest BCUT2D eigenvalue weighted by Crippen LogP contribution is -2.22. The summed E-state index contributed by atoms with van der Waals surface area (Å²) < 4.78 is 2.17. The smallest absolute Gasteiger partial charge is 0.211 e. The van der Waals surface area contributed by atoms with E-state index in [-0.39, 0.29) is 5.54 Å². The highest BCUT2D eigenvalue weighted by molar-refractivity contribution is 5.38. The van der Waals surface area contributed by atoms with Gasteiger partial charge in [-0.2, -0.15) is 0 Å². The van der Waals surface area contributed by atoms with Crippen LogP contribution < -0.4 is 5.73 Å². The number of nitrogens with zero attached hydrogens (tertiary/aromatic N) is 2. The van der Waals surface area contributed by atoms with Crippen LogP contribution in [0.2, 0.25) is 0 Å². The number of hydrogen-bond acceptors (Lipinski definition) is 2. The van der Waals surface area contributed by atoms with E-state index >= 15 is 0 Å². The maximum atomic E-state index is 6.11. The molecule has 0 amide bonds. The maximum Gasteiger partial charge on any atom is 0.211 e. The Morgan fingerprint density at radius 1 is 1.50 bits per heavy atom. The second-order valence-electron chi connectivity index (χ2n) is 5.11. The summed E-state index contributed by atoms with van der Waals surface area (Å²) in [6, 6.07) is 0. The first-order chi connectivity index (χ1) is 7.59. The summed E-state index contributed by atoms with van der Waals surface area (Å²) in [4.78, 5) is 7.72. The maximum absolute atomic E-state index is 6.11. The number of aromatic nitrogens is 3. The molecule has 3 rings (SSSR count). The zero-order valence-electron chi connectivity index (χ0n) is 9.88. The Morgan fingerprint density at radius 3 is 2.88 bits per heavy atom. The summed E-state index contributed by atoms with van der Waals surface area (Å²) in [7, 11) is 0. The van der Waals surface area contributed by atoms with Gasteiger partial charge in [-0.15, -0.1) is 0 Å². The molecule has 1 fully saturated rings. The van der Waals surface area contributed by atoms with Crippen LogP contribution in [0, 0.1) is 13.8 Å². The minimum absolute atomic E-state index is 0.134. The number of nitrogens with one attached hydrogen (secondary N) is 1. The molecule has 1 saturated carbocycles. The fourth-order valence-corrected chi connectivity index (χ4v) is 2.34. The minimum Gasteiger partial charge on any atom is -0.327 e. The second-order valence-corrected chi connectivity index (χ2v) is 5.11. The largest absolute Gasteiger partial charge is 0.327 e. The van der Waals surface area contributed by atoms with E-state index in [4.69, 9.17) is 5.73 Å². The first-order valence-electron chi connectivity index (χ1n) is 5.89. The van der Waals surface area contributed by atoms with E-state index in [1.165, 1.54) is 29.9 Å². The Balaban J connectivity index is 1.89. The molecular formula is C12H18N4. The highest BCUT2D eigenvalue weighted by Crippen LogP contribution is 2.36. The number of rotatable bonds is 3. The van der Waals surface area contributed by atoms with Gasteiger partial charge in [-0.05, 0) is 39.5 Å². The third-order valence-electron chi connectivity index (χ3n) is 3.74. The average Bonchev–Trinajstić information content (AvgIpc) is 2.74. The van der Waals surface area contributed by atoms with Crippen LogP contribution in [0.3, 0.4) is 0 Å². The van der Waals surface area contributed by atoms with E-state index in [2.05, 4.69) is 28.2 Å². The van der Waals surface area contributed by atoms with E-state index in [1.54, 1.807) is 0 Å². The van der Waals surface area contributed by atoms with Crippen molar-refractivity contribution in [1.82, 2.24) is 14.4 Å². The summed E-state index contributed by atoms with van der Waals surface area (Å²) in [6.07, 6.45) is 6.38. The predicted molar refractivity (Wildman–Crippen MR) is 63.5 cm³/mol. The Morgan fingerprint density at radius 2 is 2.25 bits per heavy atom. The third kappa shape index (κ3) is 1.45. The monoisotopic (exact) mass is 218 g/mol. The van der Waals surface area contributed by atoms with Crippen molar-refractivity contribution in [3.05, 3.63) is 23.3 Å². The van der Waals surface area contributed by atoms with E-state index in [1.807, 2.05) is 6.20 Å². The Kier molecular flexibility index (Phi) is 1.92. The Hall–Kier alpha value is -1.29. The van der Waals surface area contributed by atoms with Crippen LogP contribution in [0.25, 0.3) is 5.78 Å². The van der Waals surface area contributed by atoms with Gasteiger partial charge in [0, 0.05) is 22.6 Å². The lowest BCUT2D eigenvalue weighted by Gasteiger charge is -2.07. The SMILES string of the molecule is Cc1cnc2[nH]c(CCC3(N)CC3)c(C)n12. The molecule has 0 unspecified atom stereocenters. The van der Waals surface area contributed by atoms with Gasteiger partial charge in [0.1, 0.15) is 0 Å². The van der Waals surface area contributed by atoms with Crippen molar-refractivity contribution < 1.29 is 0 Å². The molecule has 16 heavy (non-hydrogen) atoms. The molecule has 0 aromatic carbocycles. The van der Waals surface area contributed by atoms with E-state index in [0.29, 0.717) is 0 Å². The van der Waals surface area contributed by atoms with Crippen LogP contribution >= 0.6 is 0 Å². The third-order valence-corrected chi connectivity index (χ3v) is 3.74. The van der Waals surface area contributed by atoms with Crippen molar-refractivity contribution in [2.75, 3.05) is 0 Å². The molecule has 86 valence electrons. The molecule has 1 aliphatic carbocycles. The number of aryl methyl sites for hydroxylation is 3. The molecular weight excluding hydrogens is 200 g/mol. The molecule has 0 radical (unpaired) electrons. The molecule has 0 saturated heterocycles. The van der Waals surface area contributed by atoms with E-state index in [0.717, 1.165) is 18.6 Å². The van der Waals surface area contributed by atoms with Crippen LogP contribution in [0.15, 0.2) is 6.20 Å². The van der Waals surface area contributed by atoms with Gasteiger partial charge in [0.25, 0.3) is 0 Å². The zero-order valence-corrected chi connectivity index (χ0v) is 9.88. The van der Waals surface area contributed by atoms with Crippen molar-refractivity contribution in [2.45, 2.75) is 45.1 Å². The van der Waals surface area contributed by atoms with Crippen LogP contribution in [0.5, 0.6) is 0 Å². The molecule has 0 bridgehead atoms. The number of imidazole rings is 2. The second kappa shape index (κ2) is 3.10. The molecule has 2 aromatic heterocycles. The van der Waals surface area contributed by atoms with Gasteiger partial charge in [0.05, 0.1) is 6.20 Å². The molecule has 3 N–H and O–H groups in total. The molecule has 1 aliphatic rings. The van der Waals surface area contributed by atoms with Crippen molar-refractivity contribution in [3.63, 3.8) is 0 Å². The first-order valence-corrected chi connectivity index (χ1v) is 5.89. The lowest BCUT2D eigenvalue weighted by atomic mass is 10.1. The Labute approximate surface area is 94.9 Å². The summed E-state index contributed by atoms with van der Waals surface area (Å²) in [5.74, 6) is 0.951. The summed E-state index contributed by atoms with van der Waals surface area (Å²) >= 11 is 0. The van der Waals surface area contributed by atoms with Crippen LogP contribution in [-0.4, -0.2) is 19.9 Å². The van der Waals surface area contributed by atoms with Crippen molar-refractivity contribution >= 4 is 5.78 Å². The van der Waals surface area contributed by atoms with Gasteiger partial charge in [-0.1, -0.05) is 0 Å². The standard InChI is InChI=1S/C12H18N4/c1-8-7-14-11-15-10(9(2)16(8)11)3-4-12(13)5-6-12/h7H,3-6,13H2,1-2H3,(H,14,15). The number of H-pyrrole nitrogens is 1. The predicted octanol–water partition coefficient (Wildman–Crippen LogP) is 1.70. The number of hydrogen-bond donors (Lipinski definition) is 2. The lowest BCUT2D eigenvalue weighted by molar-refractivity contribution is 0.603.